The molecule has 3 N–H and O–H groups in total. The van der Waals surface area contributed by atoms with Gasteiger partial charge in [0.25, 0.3) is 0 Å². The van der Waals surface area contributed by atoms with E-state index >= 15 is 0 Å². The Labute approximate surface area is 121 Å². The summed E-state index contributed by atoms with van der Waals surface area (Å²) in [5.41, 5.74) is 6.17. The van der Waals surface area contributed by atoms with Crippen LogP contribution in [0.3, 0.4) is 0 Å². The van der Waals surface area contributed by atoms with E-state index < -0.39 is 0 Å². The largest absolute Gasteiger partial charge is 0.333 e. The highest BCUT2D eigenvalue weighted by molar-refractivity contribution is 5.76. The van der Waals surface area contributed by atoms with Crippen LogP contribution in [-0.2, 0) is 0 Å². The first kappa shape index (κ1) is 12.9. The zero-order valence-electron chi connectivity index (χ0n) is 12.5. The molecule has 0 aromatic carbocycles. The predicted molar refractivity (Wildman–Crippen MR) is 78.2 cm³/mol. The number of carbonyl (C=O) groups is 1. The molecular formula is C16H27N3O. The van der Waals surface area contributed by atoms with E-state index in [4.69, 9.17) is 5.73 Å². The minimum Gasteiger partial charge on any atom is -0.333 e. The molecule has 1 aliphatic heterocycles. The molecule has 1 heterocycles. The van der Waals surface area contributed by atoms with E-state index in [1.165, 1.54) is 38.5 Å². The third-order valence-corrected chi connectivity index (χ3v) is 6.41. The molecule has 20 heavy (non-hydrogen) atoms. The topological polar surface area (TPSA) is 58.4 Å². The summed E-state index contributed by atoms with van der Waals surface area (Å²) in [5, 5.41) is 3.42. The van der Waals surface area contributed by atoms with E-state index in [-0.39, 0.29) is 17.1 Å². The maximum absolute atomic E-state index is 12.5. The number of nitrogens with two attached hydrogens (primary N) is 1. The van der Waals surface area contributed by atoms with Crippen LogP contribution in [0.4, 0.5) is 4.79 Å². The number of nitrogens with one attached hydrogen (secondary N) is 1. The first-order chi connectivity index (χ1) is 9.49. The lowest BCUT2D eigenvalue weighted by Gasteiger charge is -2.58. The van der Waals surface area contributed by atoms with Crippen molar-refractivity contribution in [2.75, 3.05) is 13.1 Å². The van der Waals surface area contributed by atoms with Crippen LogP contribution in [0.2, 0.25) is 0 Å². The number of hydrogen-bond donors (Lipinski definition) is 2. The van der Waals surface area contributed by atoms with Gasteiger partial charge in [-0.15, -0.1) is 0 Å². The van der Waals surface area contributed by atoms with Crippen LogP contribution in [-0.4, -0.2) is 35.1 Å². The maximum atomic E-state index is 12.5. The molecule has 5 fully saturated rings. The standard InChI is InChI=1S/C16H27N3O/c1-2-15(17)9-19(10-15)14(20)18-16-6-11-3-12(7-16)5-13(4-11)8-16/h11-13H,2-10,17H2,1H3,(H,18,20). The molecule has 4 aliphatic carbocycles. The summed E-state index contributed by atoms with van der Waals surface area (Å²) in [4.78, 5) is 14.4. The monoisotopic (exact) mass is 277 g/mol. The molecule has 4 saturated carbocycles. The van der Waals surface area contributed by atoms with Gasteiger partial charge in [-0.25, -0.2) is 4.79 Å². The number of nitrogens with zero attached hydrogens (tertiary/aromatic N) is 1. The smallest absolute Gasteiger partial charge is 0.317 e. The molecule has 2 amide bonds. The fourth-order valence-electron chi connectivity index (χ4n) is 5.65. The van der Waals surface area contributed by atoms with Crippen molar-refractivity contribution in [3.63, 3.8) is 0 Å². The van der Waals surface area contributed by atoms with Gasteiger partial charge < -0.3 is 16.0 Å². The predicted octanol–water partition coefficient (Wildman–Crippen LogP) is 2.09. The van der Waals surface area contributed by atoms with Crippen molar-refractivity contribution >= 4 is 6.03 Å². The lowest BCUT2D eigenvalue weighted by atomic mass is 9.53. The molecule has 0 aromatic rings. The van der Waals surface area contributed by atoms with Crippen molar-refractivity contribution < 1.29 is 4.79 Å². The van der Waals surface area contributed by atoms with Crippen LogP contribution in [0, 0.1) is 17.8 Å². The van der Waals surface area contributed by atoms with E-state index in [0.29, 0.717) is 0 Å². The van der Waals surface area contributed by atoms with E-state index in [1.54, 1.807) is 0 Å². The van der Waals surface area contributed by atoms with Gasteiger partial charge >= 0.3 is 6.03 Å². The normalized spacial score (nSPS) is 44.3. The first-order valence-electron chi connectivity index (χ1n) is 8.35. The summed E-state index contributed by atoms with van der Waals surface area (Å²) in [5.74, 6) is 2.63. The molecule has 4 heteroatoms. The Kier molecular flexibility index (Phi) is 2.67. The molecule has 0 aromatic heterocycles. The molecule has 0 unspecified atom stereocenters. The Morgan fingerprint density at radius 3 is 2.10 bits per heavy atom. The lowest BCUT2D eigenvalue weighted by Crippen LogP contribution is -2.72. The summed E-state index contributed by atoms with van der Waals surface area (Å²) >= 11 is 0. The van der Waals surface area contributed by atoms with Crippen molar-refractivity contribution in [2.45, 2.75) is 62.9 Å². The fraction of sp³-hybridized carbons (Fsp3) is 0.938. The summed E-state index contributed by atoms with van der Waals surface area (Å²) < 4.78 is 0. The van der Waals surface area contributed by atoms with Gasteiger partial charge in [0.15, 0.2) is 0 Å². The molecule has 0 atom stereocenters. The van der Waals surface area contributed by atoms with Gasteiger partial charge in [-0.2, -0.15) is 0 Å². The van der Waals surface area contributed by atoms with E-state index in [0.717, 1.165) is 37.3 Å². The zero-order valence-corrected chi connectivity index (χ0v) is 12.5. The Hall–Kier alpha value is -0.770. The number of carbonyl (C=O) groups excluding carboxylic acids is 1. The molecule has 112 valence electrons. The van der Waals surface area contributed by atoms with Crippen LogP contribution in [0.1, 0.15) is 51.9 Å². The van der Waals surface area contributed by atoms with Crippen molar-refractivity contribution in [1.29, 1.82) is 0 Å². The molecule has 4 nitrogen and oxygen atoms in total. The maximum Gasteiger partial charge on any atom is 0.317 e. The molecule has 5 rings (SSSR count). The van der Waals surface area contributed by atoms with Crippen molar-refractivity contribution in [1.82, 2.24) is 10.2 Å². The third kappa shape index (κ3) is 1.95. The van der Waals surface area contributed by atoms with Crippen LogP contribution >= 0.6 is 0 Å². The SMILES string of the molecule is CCC1(N)CN(C(=O)NC23CC4CC(CC(C4)C2)C3)C1. The average molecular weight is 277 g/mol. The number of hydrogen-bond acceptors (Lipinski definition) is 2. The number of amides is 2. The van der Waals surface area contributed by atoms with Gasteiger partial charge in [-0.1, -0.05) is 6.92 Å². The van der Waals surface area contributed by atoms with Crippen molar-refractivity contribution in [2.24, 2.45) is 23.5 Å². The Balaban J connectivity index is 1.41. The summed E-state index contributed by atoms with van der Waals surface area (Å²) in [6.07, 6.45) is 8.87. The highest BCUT2D eigenvalue weighted by Gasteiger charge is 2.52. The number of likely N-dealkylation sites (tertiary alicyclic amines) is 1. The molecule has 1 saturated heterocycles. The van der Waals surface area contributed by atoms with Gasteiger partial charge in [0.1, 0.15) is 0 Å². The summed E-state index contributed by atoms with van der Waals surface area (Å²) in [6, 6.07) is 0.140. The quantitative estimate of drug-likeness (QED) is 0.812. The molecule has 0 spiro atoms. The number of rotatable bonds is 2. The highest BCUT2D eigenvalue weighted by atomic mass is 16.2. The third-order valence-electron chi connectivity index (χ3n) is 6.41. The second kappa shape index (κ2) is 4.12. The second-order valence-corrected chi connectivity index (χ2v) is 8.20. The van der Waals surface area contributed by atoms with Gasteiger partial charge in [-0.3, -0.25) is 0 Å². The molecule has 5 aliphatic rings. The Bertz CT molecular complexity index is 392. The summed E-state index contributed by atoms with van der Waals surface area (Å²) in [7, 11) is 0. The van der Waals surface area contributed by atoms with Gasteiger partial charge in [-0.05, 0) is 62.7 Å². The average Bonchev–Trinajstić information content (AvgIpc) is 2.32. The van der Waals surface area contributed by atoms with Crippen LogP contribution < -0.4 is 11.1 Å². The summed E-state index contributed by atoms with van der Waals surface area (Å²) in [6.45, 7) is 3.55. The number of urea groups is 1. The van der Waals surface area contributed by atoms with Crippen molar-refractivity contribution in [3.05, 3.63) is 0 Å². The first-order valence-corrected chi connectivity index (χ1v) is 8.35. The van der Waals surface area contributed by atoms with Crippen molar-refractivity contribution in [3.8, 4) is 0 Å². The Morgan fingerprint density at radius 1 is 1.15 bits per heavy atom. The molecule has 0 radical (unpaired) electrons. The fourth-order valence-corrected chi connectivity index (χ4v) is 5.65. The van der Waals surface area contributed by atoms with E-state index in [9.17, 15) is 4.79 Å². The zero-order chi connectivity index (χ0) is 14.0. The minimum absolute atomic E-state index is 0.126. The lowest BCUT2D eigenvalue weighted by molar-refractivity contribution is -0.0191. The van der Waals surface area contributed by atoms with Crippen LogP contribution in [0.5, 0.6) is 0 Å². The van der Waals surface area contributed by atoms with Gasteiger partial charge in [0.2, 0.25) is 0 Å². The second-order valence-electron chi connectivity index (χ2n) is 8.20. The van der Waals surface area contributed by atoms with E-state index in [2.05, 4.69) is 12.2 Å². The molecular weight excluding hydrogens is 250 g/mol. The van der Waals surface area contributed by atoms with Crippen LogP contribution in [0.15, 0.2) is 0 Å². The molecule has 4 bridgehead atoms. The van der Waals surface area contributed by atoms with E-state index in [1.807, 2.05) is 4.90 Å². The highest BCUT2D eigenvalue weighted by Crippen LogP contribution is 2.55. The van der Waals surface area contributed by atoms with Crippen LogP contribution in [0.25, 0.3) is 0 Å². The minimum atomic E-state index is -0.126. The van der Waals surface area contributed by atoms with Gasteiger partial charge in [0.05, 0.1) is 5.54 Å². The van der Waals surface area contributed by atoms with Gasteiger partial charge in [0, 0.05) is 18.6 Å². The Morgan fingerprint density at radius 2 is 1.65 bits per heavy atom.